The molecule has 0 unspecified atom stereocenters. The van der Waals surface area contributed by atoms with Gasteiger partial charge in [-0.25, -0.2) is 4.39 Å². The molecule has 0 saturated carbocycles. The van der Waals surface area contributed by atoms with E-state index in [1.165, 1.54) is 12.1 Å². The van der Waals surface area contributed by atoms with Gasteiger partial charge in [0.05, 0.1) is 11.4 Å². The Balaban J connectivity index is 2.07. The highest BCUT2D eigenvalue weighted by Gasteiger charge is 2.31. The Kier molecular flexibility index (Phi) is 2.93. The third-order valence-electron chi connectivity index (χ3n) is 3.68. The second-order valence-corrected chi connectivity index (χ2v) is 6.14. The maximum atomic E-state index is 13.3. The summed E-state index contributed by atoms with van der Waals surface area (Å²) in [4.78, 5) is 16.7. The van der Waals surface area contributed by atoms with Gasteiger partial charge in [-0.15, -0.1) is 0 Å². The SMILES string of the molecule is CC1(C)CC(=O)c2ccc(-c3cccc(F)c3)nc2C1. The van der Waals surface area contributed by atoms with Gasteiger partial charge in [-0.3, -0.25) is 9.78 Å². The minimum absolute atomic E-state index is 0.0579. The van der Waals surface area contributed by atoms with Crippen LogP contribution >= 0.6 is 0 Å². The van der Waals surface area contributed by atoms with Crippen LogP contribution in [0, 0.1) is 11.2 Å². The average molecular weight is 269 g/mol. The zero-order chi connectivity index (χ0) is 14.3. The first-order valence-corrected chi connectivity index (χ1v) is 6.74. The number of carbonyl (C=O) groups is 1. The van der Waals surface area contributed by atoms with Crippen molar-refractivity contribution in [3.8, 4) is 11.3 Å². The highest BCUT2D eigenvalue weighted by atomic mass is 19.1. The van der Waals surface area contributed by atoms with Gasteiger partial charge in [0.25, 0.3) is 0 Å². The third-order valence-corrected chi connectivity index (χ3v) is 3.68. The molecule has 1 aliphatic carbocycles. The first-order valence-electron chi connectivity index (χ1n) is 6.74. The fourth-order valence-electron chi connectivity index (χ4n) is 2.74. The summed E-state index contributed by atoms with van der Waals surface area (Å²) in [5.74, 6) is -0.132. The smallest absolute Gasteiger partial charge is 0.165 e. The molecule has 1 aromatic heterocycles. The third kappa shape index (κ3) is 2.36. The Morgan fingerprint density at radius 2 is 1.95 bits per heavy atom. The van der Waals surface area contributed by atoms with Gasteiger partial charge >= 0.3 is 0 Å². The predicted molar refractivity (Wildman–Crippen MR) is 76.1 cm³/mol. The summed E-state index contributed by atoms with van der Waals surface area (Å²) in [7, 11) is 0. The van der Waals surface area contributed by atoms with Crippen molar-refractivity contribution in [3.05, 3.63) is 53.5 Å². The van der Waals surface area contributed by atoms with Gasteiger partial charge in [-0.2, -0.15) is 0 Å². The molecule has 2 aromatic rings. The molecule has 3 rings (SSSR count). The van der Waals surface area contributed by atoms with Crippen molar-refractivity contribution < 1.29 is 9.18 Å². The van der Waals surface area contributed by atoms with E-state index >= 15 is 0 Å². The standard InChI is InChI=1S/C17H16FNO/c1-17(2)9-15-13(16(20)10-17)6-7-14(19-15)11-4-3-5-12(18)8-11/h3-8H,9-10H2,1-2H3. The highest BCUT2D eigenvalue weighted by molar-refractivity contribution is 5.98. The first kappa shape index (κ1) is 13.0. The van der Waals surface area contributed by atoms with E-state index in [1.807, 2.05) is 12.1 Å². The molecule has 0 spiro atoms. The van der Waals surface area contributed by atoms with Crippen molar-refractivity contribution in [2.45, 2.75) is 26.7 Å². The van der Waals surface area contributed by atoms with E-state index in [1.54, 1.807) is 12.1 Å². The van der Waals surface area contributed by atoms with Crippen LogP contribution in [0.25, 0.3) is 11.3 Å². The normalized spacial score (nSPS) is 16.9. The average Bonchev–Trinajstić information content (AvgIpc) is 2.36. The quantitative estimate of drug-likeness (QED) is 0.782. The number of hydrogen-bond acceptors (Lipinski definition) is 2. The summed E-state index contributed by atoms with van der Waals surface area (Å²) in [6.45, 7) is 4.15. The van der Waals surface area contributed by atoms with Gasteiger partial charge in [-0.1, -0.05) is 26.0 Å². The van der Waals surface area contributed by atoms with Crippen LogP contribution in [0.1, 0.15) is 36.3 Å². The molecule has 0 saturated heterocycles. The minimum atomic E-state index is -0.279. The van der Waals surface area contributed by atoms with Crippen molar-refractivity contribution in [2.75, 3.05) is 0 Å². The zero-order valence-electron chi connectivity index (χ0n) is 11.6. The van der Waals surface area contributed by atoms with Gasteiger partial charge in [0.2, 0.25) is 0 Å². The van der Waals surface area contributed by atoms with Crippen LogP contribution in [0.5, 0.6) is 0 Å². The summed E-state index contributed by atoms with van der Waals surface area (Å²) >= 11 is 0. The Morgan fingerprint density at radius 3 is 2.70 bits per heavy atom. The molecule has 0 aliphatic heterocycles. The second-order valence-electron chi connectivity index (χ2n) is 6.14. The van der Waals surface area contributed by atoms with Crippen LogP contribution in [-0.4, -0.2) is 10.8 Å². The molecule has 1 heterocycles. The Morgan fingerprint density at radius 1 is 1.15 bits per heavy atom. The number of hydrogen-bond donors (Lipinski definition) is 0. The number of aromatic nitrogens is 1. The summed E-state index contributed by atoms with van der Waals surface area (Å²) in [6, 6.07) is 9.98. The summed E-state index contributed by atoms with van der Waals surface area (Å²) in [6.07, 6.45) is 1.33. The van der Waals surface area contributed by atoms with Crippen LogP contribution in [0.4, 0.5) is 4.39 Å². The number of benzene rings is 1. The number of pyridine rings is 1. The van der Waals surface area contributed by atoms with Crippen LogP contribution in [0.2, 0.25) is 0 Å². The number of nitrogens with zero attached hydrogens (tertiary/aromatic N) is 1. The molecule has 102 valence electrons. The van der Waals surface area contributed by atoms with Gasteiger partial charge in [0.1, 0.15) is 5.82 Å². The van der Waals surface area contributed by atoms with E-state index in [9.17, 15) is 9.18 Å². The molecular weight excluding hydrogens is 253 g/mol. The molecule has 0 bridgehead atoms. The summed E-state index contributed by atoms with van der Waals surface area (Å²) in [5, 5.41) is 0. The molecule has 3 heteroatoms. The van der Waals surface area contributed by atoms with E-state index in [2.05, 4.69) is 18.8 Å². The fraction of sp³-hybridized carbons (Fsp3) is 0.294. The maximum absolute atomic E-state index is 13.3. The lowest BCUT2D eigenvalue weighted by molar-refractivity contribution is 0.0910. The maximum Gasteiger partial charge on any atom is 0.165 e. The van der Waals surface area contributed by atoms with E-state index in [0.717, 1.165) is 17.7 Å². The Bertz CT molecular complexity index is 691. The van der Waals surface area contributed by atoms with Crippen LogP contribution in [-0.2, 0) is 6.42 Å². The highest BCUT2D eigenvalue weighted by Crippen LogP contribution is 2.34. The number of Topliss-reactive ketones (excluding diaryl/α,β-unsaturated/α-hetero) is 1. The van der Waals surface area contributed by atoms with Gasteiger partial charge in [-0.05, 0) is 36.1 Å². The largest absolute Gasteiger partial charge is 0.294 e. The van der Waals surface area contributed by atoms with Crippen molar-refractivity contribution in [3.63, 3.8) is 0 Å². The van der Waals surface area contributed by atoms with E-state index in [0.29, 0.717) is 17.7 Å². The lowest BCUT2D eigenvalue weighted by Crippen LogP contribution is -2.27. The number of rotatable bonds is 1. The fourth-order valence-corrected chi connectivity index (χ4v) is 2.74. The molecule has 0 atom stereocenters. The van der Waals surface area contributed by atoms with Crippen molar-refractivity contribution in [1.82, 2.24) is 4.98 Å². The van der Waals surface area contributed by atoms with Crippen LogP contribution < -0.4 is 0 Å². The van der Waals surface area contributed by atoms with Crippen molar-refractivity contribution in [2.24, 2.45) is 5.41 Å². The summed E-state index contributed by atoms with van der Waals surface area (Å²) in [5.41, 5.74) is 2.94. The van der Waals surface area contributed by atoms with Crippen molar-refractivity contribution >= 4 is 5.78 Å². The number of halogens is 1. The minimum Gasteiger partial charge on any atom is -0.294 e. The first-order chi connectivity index (χ1) is 9.44. The lowest BCUT2D eigenvalue weighted by atomic mass is 9.75. The molecule has 2 nitrogen and oxygen atoms in total. The van der Waals surface area contributed by atoms with Crippen LogP contribution in [0.3, 0.4) is 0 Å². The molecular formula is C17H16FNO. The van der Waals surface area contributed by atoms with Gasteiger partial charge < -0.3 is 0 Å². The molecule has 0 amide bonds. The molecule has 0 fully saturated rings. The Labute approximate surface area is 117 Å². The number of carbonyl (C=O) groups excluding carboxylic acids is 1. The van der Waals surface area contributed by atoms with Gasteiger partial charge in [0.15, 0.2) is 5.78 Å². The topological polar surface area (TPSA) is 30.0 Å². The van der Waals surface area contributed by atoms with E-state index < -0.39 is 0 Å². The lowest BCUT2D eigenvalue weighted by Gasteiger charge is -2.29. The monoisotopic (exact) mass is 269 g/mol. The predicted octanol–water partition coefficient (Wildman–Crippen LogP) is 4.04. The van der Waals surface area contributed by atoms with Crippen LogP contribution in [0.15, 0.2) is 36.4 Å². The molecule has 20 heavy (non-hydrogen) atoms. The molecule has 1 aliphatic rings. The van der Waals surface area contributed by atoms with Gasteiger partial charge in [0, 0.05) is 17.5 Å². The van der Waals surface area contributed by atoms with E-state index in [-0.39, 0.29) is 17.0 Å². The summed E-state index contributed by atoms with van der Waals surface area (Å²) < 4.78 is 13.3. The Hall–Kier alpha value is -2.03. The number of fused-ring (bicyclic) bond motifs is 1. The second kappa shape index (κ2) is 4.51. The van der Waals surface area contributed by atoms with E-state index in [4.69, 9.17) is 0 Å². The number of ketones is 1. The zero-order valence-corrected chi connectivity index (χ0v) is 11.6. The molecule has 0 N–H and O–H groups in total. The van der Waals surface area contributed by atoms with Crippen molar-refractivity contribution in [1.29, 1.82) is 0 Å². The molecule has 1 aromatic carbocycles. The molecule has 0 radical (unpaired) electrons.